The Kier molecular flexibility index (Phi) is 6.60. The van der Waals surface area contributed by atoms with Gasteiger partial charge in [0.15, 0.2) is 0 Å². The average molecular weight is 356 g/mol. The van der Waals surface area contributed by atoms with Gasteiger partial charge in [-0.1, -0.05) is 32.0 Å². The summed E-state index contributed by atoms with van der Waals surface area (Å²) in [6.07, 6.45) is -0.290. The number of nitrogens with one attached hydrogen (secondary N) is 2. The molecule has 0 bridgehead atoms. The highest BCUT2D eigenvalue weighted by Gasteiger charge is 2.15. The Balaban J connectivity index is 2.01. The van der Waals surface area contributed by atoms with Gasteiger partial charge in [0.2, 0.25) is 11.8 Å². The van der Waals surface area contributed by atoms with Gasteiger partial charge in [-0.2, -0.15) is 0 Å². The highest BCUT2D eigenvalue weighted by Crippen LogP contribution is 2.29. The predicted octanol–water partition coefficient (Wildman–Crippen LogP) is 3.79. The minimum absolute atomic E-state index is 0.267. The maximum absolute atomic E-state index is 12.2. The Hall–Kier alpha value is -3.02. The van der Waals surface area contributed by atoms with E-state index < -0.39 is 5.91 Å². The molecular weight excluding hydrogens is 332 g/mol. The molecule has 0 atom stereocenters. The van der Waals surface area contributed by atoms with Crippen molar-refractivity contribution in [1.29, 1.82) is 0 Å². The van der Waals surface area contributed by atoms with E-state index in [1.807, 2.05) is 38.1 Å². The van der Waals surface area contributed by atoms with E-state index in [1.54, 1.807) is 25.3 Å². The van der Waals surface area contributed by atoms with Crippen LogP contribution in [0.5, 0.6) is 11.5 Å². The summed E-state index contributed by atoms with van der Waals surface area (Å²) in [6.45, 7) is 4.10. The second-order valence-electron chi connectivity index (χ2n) is 6.08. The van der Waals surface area contributed by atoms with Gasteiger partial charge in [-0.15, -0.1) is 0 Å². The second-order valence-corrected chi connectivity index (χ2v) is 6.08. The molecule has 2 N–H and O–H groups in total. The topological polar surface area (TPSA) is 76.7 Å². The SMILES string of the molecule is COc1ccc(NC(=O)CC(=O)Nc2ccccc2C(C)C)c(OC)c1. The van der Waals surface area contributed by atoms with E-state index in [9.17, 15) is 9.59 Å². The van der Waals surface area contributed by atoms with Gasteiger partial charge < -0.3 is 20.1 Å². The monoisotopic (exact) mass is 356 g/mol. The molecule has 0 saturated carbocycles. The van der Waals surface area contributed by atoms with Crippen LogP contribution in [-0.4, -0.2) is 26.0 Å². The van der Waals surface area contributed by atoms with Gasteiger partial charge in [-0.05, 0) is 29.7 Å². The lowest BCUT2D eigenvalue weighted by atomic mass is 10.0. The summed E-state index contributed by atoms with van der Waals surface area (Å²) >= 11 is 0. The largest absolute Gasteiger partial charge is 0.497 e. The van der Waals surface area contributed by atoms with Crippen LogP contribution in [0.25, 0.3) is 0 Å². The quantitative estimate of drug-likeness (QED) is 0.740. The van der Waals surface area contributed by atoms with Gasteiger partial charge in [0.05, 0.1) is 19.9 Å². The smallest absolute Gasteiger partial charge is 0.233 e. The third-order valence-corrected chi connectivity index (χ3v) is 3.86. The molecule has 0 fully saturated rings. The van der Waals surface area contributed by atoms with Crippen LogP contribution >= 0.6 is 0 Å². The Labute approximate surface area is 153 Å². The van der Waals surface area contributed by atoms with Crippen molar-refractivity contribution < 1.29 is 19.1 Å². The third kappa shape index (κ3) is 4.99. The van der Waals surface area contributed by atoms with Crippen LogP contribution < -0.4 is 20.1 Å². The van der Waals surface area contributed by atoms with Crippen LogP contribution in [0.2, 0.25) is 0 Å². The lowest BCUT2D eigenvalue weighted by Crippen LogP contribution is -2.22. The summed E-state index contributed by atoms with van der Waals surface area (Å²) in [4.78, 5) is 24.4. The Bertz CT molecular complexity index is 787. The van der Waals surface area contributed by atoms with E-state index in [0.29, 0.717) is 17.2 Å². The Morgan fingerprint density at radius 3 is 2.19 bits per heavy atom. The van der Waals surface area contributed by atoms with Crippen LogP contribution in [0.15, 0.2) is 42.5 Å². The van der Waals surface area contributed by atoms with Crippen LogP contribution in [0.4, 0.5) is 11.4 Å². The maximum Gasteiger partial charge on any atom is 0.233 e. The molecule has 2 aromatic rings. The Morgan fingerprint density at radius 2 is 1.58 bits per heavy atom. The predicted molar refractivity (Wildman–Crippen MR) is 102 cm³/mol. The highest BCUT2D eigenvalue weighted by molar-refractivity contribution is 6.08. The maximum atomic E-state index is 12.2. The highest BCUT2D eigenvalue weighted by atomic mass is 16.5. The zero-order valence-electron chi connectivity index (χ0n) is 15.5. The molecule has 0 unspecified atom stereocenters. The lowest BCUT2D eigenvalue weighted by molar-refractivity contribution is -0.123. The number of amides is 2. The number of anilines is 2. The minimum Gasteiger partial charge on any atom is -0.497 e. The third-order valence-electron chi connectivity index (χ3n) is 3.86. The van der Waals surface area contributed by atoms with E-state index >= 15 is 0 Å². The number of hydrogen-bond acceptors (Lipinski definition) is 4. The van der Waals surface area contributed by atoms with Gasteiger partial charge in [0.25, 0.3) is 0 Å². The molecule has 6 heteroatoms. The molecule has 2 amide bonds. The fraction of sp³-hybridized carbons (Fsp3) is 0.300. The van der Waals surface area contributed by atoms with Crippen molar-refractivity contribution in [3.63, 3.8) is 0 Å². The molecule has 0 heterocycles. The minimum atomic E-state index is -0.423. The van der Waals surface area contributed by atoms with Crippen molar-refractivity contribution >= 4 is 23.2 Å². The molecule has 2 aromatic carbocycles. The van der Waals surface area contributed by atoms with Crippen LogP contribution in [0.1, 0.15) is 31.7 Å². The van der Waals surface area contributed by atoms with Crippen molar-refractivity contribution in [3.05, 3.63) is 48.0 Å². The number of carbonyl (C=O) groups excluding carboxylic acids is 2. The number of rotatable bonds is 7. The molecular formula is C20H24N2O4. The first-order valence-corrected chi connectivity index (χ1v) is 8.35. The summed E-state index contributed by atoms with van der Waals surface area (Å²) in [6, 6.07) is 12.6. The van der Waals surface area contributed by atoms with Gasteiger partial charge in [-0.3, -0.25) is 9.59 Å². The van der Waals surface area contributed by atoms with E-state index in [2.05, 4.69) is 10.6 Å². The molecule has 0 aromatic heterocycles. The summed E-state index contributed by atoms with van der Waals surface area (Å²) in [5, 5.41) is 5.49. The molecule has 138 valence electrons. The zero-order valence-corrected chi connectivity index (χ0v) is 15.5. The summed E-state index contributed by atoms with van der Waals surface area (Å²) < 4.78 is 10.4. The van der Waals surface area contributed by atoms with E-state index in [4.69, 9.17) is 9.47 Å². The number of hydrogen-bond donors (Lipinski definition) is 2. The first kappa shape index (κ1) is 19.3. The molecule has 26 heavy (non-hydrogen) atoms. The average Bonchev–Trinajstić information content (AvgIpc) is 2.62. The van der Waals surface area contributed by atoms with Crippen LogP contribution in [0, 0.1) is 0 Å². The lowest BCUT2D eigenvalue weighted by Gasteiger charge is -2.14. The van der Waals surface area contributed by atoms with Crippen LogP contribution in [0.3, 0.4) is 0 Å². The van der Waals surface area contributed by atoms with Gasteiger partial charge in [0.1, 0.15) is 17.9 Å². The first-order chi connectivity index (χ1) is 12.4. The summed E-state index contributed by atoms with van der Waals surface area (Å²) in [7, 11) is 3.05. The number of carbonyl (C=O) groups is 2. The molecule has 6 nitrogen and oxygen atoms in total. The van der Waals surface area contributed by atoms with E-state index in [-0.39, 0.29) is 18.2 Å². The molecule has 0 spiro atoms. The van der Waals surface area contributed by atoms with Gasteiger partial charge >= 0.3 is 0 Å². The zero-order chi connectivity index (χ0) is 19.1. The summed E-state index contributed by atoms with van der Waals surface area (Å²) in [5.41, 5.74) is 2.23. The number of benzene rings is 2. The van der Waals surface area contributed by atoms with Crippen molar-refractivity contribution in [2.45, 2.75) is 26.2 Å². The molecule has 0 radical (unpaired) electrons. The second kappa shape index (κ2) is 8.89. The molecule has 2 rings (SSSR count). The fourth-order valence-corrected chi connectivity index (χ4v) is 2.55. The molecule has 0 saturated heterocycles. The van der Waals surface area contributed by atoms with E-state index in [1.165, 1.54) is 7.11 Å². The van der Waals surface area contributed by atoms with Crippen LogP contribution in [-0.2, 0) is 9.59 Å². The van der Waals surface area contributed by atoms with Gasteiger partial charge in [0, 0.05) is 11.8 Å². The van der Waals surface area contributed by atoms with Crippen molar-refractivity contribution in [2.24, 2.45) is 0 Å². The fourth-order valence-electron chi connectivity index (χ4n) is 2.55. The molecule has 0 aliphatic carbocycles. The molecule has 0 aliphatic heterocycles. The normalized spacial score (nSPS) is 10.3. The van der Waals surface area contributed by atoms with Crippen molar-refractivity contribution in [3.8, 4) is 11.5 Å². The standard InChI is InChI=1S/C20H24N2O4/c1-13(2)15-7-5-6-8-16(15)21-19(23)12-20(24)22-17-10-9-14(25-3)11-18(17)26-4/h5-11,13H,12H2,1-4H3,(H,21,23)(H,22,24). The van der Waals surface area contributed by atoms with Crippen molar-refractivity contribution in [2.75, 3.05) is 24.9 Å². The van der Waals surface area contributed by atoms with E-state index in [0.717, 1.165) is 11.3 Å². The number of ether oxygens (including phenoxy) is 2. The van der Waals surface area contributed by atoms with Gasteiger partial charge in [-0.25, -0.2) is 0 Å². The Morgan fingerprint density at radius 1 is 0.923 bits per heavy atom. The van der Waals surface area contributed by atoms with Crippen molar-refractivity contribution in [1.82, 2.24) is 0 Å². The number of para-hydroxylation sites is 1. The molecule has 0 aliphatic rings. The summed E-state index contributed by atoms with van der Waals surface area (Å²) in [5.74, 6) is 0.547. The number of methoxy groups -OCH3 is 2. The first-order valence-electron chi connectivity index (χ1n) is 8.35.